The van der Waals surface area contributed by atoms with Crippen LogP contribution in [0.25, 0.3) is 0 Å². The van der Waals surface area contributed by atoms with Crippen LogP contribution >= 0.6 is 23.2 Å². The van der Waals surface area contributed by atoms with Gasteiger partial charge in [0.15, 0.2) is 0 Å². The Bertz CT molecular complexity index is 802. The molecule has 1 N–H and O–H groups in total. The van der Waals surface area contributed by atoms with Crippen LogP contribution < -0.4 is 10.1 Å². The molecule has 1 aliphatic heterocycles. The van der Waals surface area contributed by atoms with Gasteiger partial charge in [0.05, 0.1) is 28.4 Å². The lowest BCUT2D eigenvalue weighted by Gasteiger charge is -2.38. The molecule has 0 amide bonds. The minimum Gasteiger partial charge on any atom is -0.494 e. The van der Waals surface area contributed by atoms with Crippen molar-refractivity contribution >= 4 is 28.9 Å². The second kappa shape index (κ2) is 6.34. The Kier molecular flexibility index (Phi) is 4.19. The number of hydrogen-bond donors (Lipinski definition) is 1. The fraction of sp³-hybridized carbons (Fsp3) is 0.300. The molecule has 2 aliphatic rings. The van der Waals surface area contributed by atoms with Crippen molar-refractivity contribution in [3.63, 3.8) is 0 Å². The Labute approximate surface area is 152 Å². The predicted octanol–water partition coefficient (Wildman–Crippen LogP) is 6.22. The maximum absolute atomic E-state index is 6.51. The number of hydrogen-bond acceptors (Lipinski definition) is 2. The number of fused-ring (bicyclic) bond motifs is 3. The van der Waals surface area contributed by atoms with E-state index in [1.807, 2.05) is 25.1 Å². The highest BCUT2D eigenvalue weighted by molar-refractivity contribution is 6.43. The molecule has 2 aromatic rings. The van der Waals surface area contributed by atoms with Crippen molar-refractivity contribution in [3.05, 3.63) is 69.7 Å². The molecule has 3 unspecified atom stereocenters. The smallest absolute Gasteiger partial charge is 0.124 e. The van der Waals surface area contributed by atoms with Gasteiger partial charge in [0, 0.05) is 11.5 Å². The minimum absolute atomic E-state index is 0.149. The van der Waals surface area contributed by atoms with E-state index in [1.54, 1.807) is 0 Å². The van der Waals surface area contributed by atoms with Gasteiger partial charge in [0.25, 0.3) is 0 Å². The summed E-state index contributed by atoms with van der Waals surface area (Å²) < 4.78 is 5.86. The van der Waals surface area contributed by atoms with Gasteiger partial charge in [-0.25, -0.2) is 0 Å². The molecule has 4 rings (SSSR count). The number of rotatable bonds is 3. The van der Waals surface area contributed by atoms with Gasteiger partial charge in [-0.3, -0.25) is 0 Å². The van der Waals surface area contributed by atoms with Crippen LogP contribution in [-0.4, -0.2) is 6.61 Å². The van der Waals surface area contributed by atoms with Crippen LogP contribution in [0.15, 0.2) is 48.6 Å². The first-order valence-electron chi connectivity index (χ1n) is 8.33. The first-order chi connectivity index (χ1) is 11.7. The normalized spacial score (nSPS) is 24.2. The van der Waals surface area contributed by atoms with E-state index in [0.29, 0.717) is 28.5 Å². The molecule has 124 valence electrons. The van der Waals surface area contributed by atoms with Gasteiger partial charge in [0.1, 0.15) is 5.75 Å². The van der Waals surface area contributed by atoms with Gasteiger partial charge in [-0.15, -0.1) is 0 Å². The molecule has 0 saturated heterocycles. The minimum atomic E-state index is 0.149. The number of ether oxygens (including phenoxy) is 1. The summed E-state index contributed by atoms with van der Waals surface area (Å²) in [5.74, 6) is 1.75. The van der Waals surface area contributed by atoms with Gasteiger partial charge >= 0.3 is 0 Å². The average molecular weight is 360 g/mol. The Morgan fingerprint density at radius 1 is 1.12 bits per heavy atom. The maximum atomic E-state index is 6.51. The summed E-state index contributed by atoms with van der Waals surface area (Å²) in [6, 6.07) is 12.4. The molecule has 4 heteroatoms. The molecule has 3 atom stereocenters. The Morgan fingerprint density at radius 3 is 2.79 bits per heavy atom. The summed E-state index contributed by atoms with van der Waals surface area (Å²) in [5.41, 5.74) is 3.36. The number of para-hydroxylation sites is 1. The molecule has 0 saturated carbocycles. The zero-order chi connectivity index (χ0) is 16.7. The number of anilines is 1. The maximum Gasteiger partial charge on any atom is 0.124 e. The topological polar surface area (TPSA) is 21.3 Å². The highest BCUT2D eigenvalue weighted by Gasteiger charge is 2.39. The SMILES string of the molecule is CCOc1ccccc1C1Nc2c(ccc(Cl)c2Cl)C2C=CCC21. The molecule has 24 heavy (non-hydrogen) atoms. The van der Waals surface area contributed by atoms with Crippen molar-refractivity contribution < 1.29 is 4.74 Å². The molecule has 2 aromatic carbocycles. The second-order valence-corrected chi connectivity index (χ2v) is 7.06. The number of halogens is 2. The van der Waals surface area contributed by atoms with Gasteiger partial charge < -0.3 is 10.1 Å². The largest absolute Gasteiger partial charge is 0.494 e. The van der Waals surface area contributed by atoms with Crippen molar-refractivity contribution in [2.45, 2.75) is 25.3 Å². The lowest BCUT2D eigenvalue weighted by atomic mass is 9.77. The number of nitrogens with one attached hydrogen (secondary N) is 1. The van der Waals surface area contributed by atoms with Crippen LogP contribution in [0.3, 0.4) is 0 Å². The molecule has 0 fully saturated rings. The molecule has 1 heterocycles. The van der Waals surface area contributed by atoms with E-state index in [-0.39, 0.29) is 6.04 Å². The third-order valence-electron chi connectivity index (χ3n) is 4.98. The summed E-state index contributed by atoms with van der Waals surface area (Å²) in [5, 5.41) is 4.84. The van der Waals surface area contributed by atoms with E-state index in [1.165, 1.54) is 11.1 Å². The van der Waals surface area contributed by atoms with Crippen LogP contribution in [0.5, 0.6) is 5.75 Å². The standard InChI is InChI=1S/C20H19Cl2NO/c1-2-24-17-9-4-3-6-15(17)19-13-8-5-7-12(13)14-10-11-16(21)18(22)20(14)23-19/h3-7,9-13,19,23H,2,8H2,1H3. The molecule has 0 bridgehead atoms. The highest BCUT2D eigenvalue weighted by Crippen LogP contribution is 2.53. The second-order valence-electron chi connectivity index (χ2n) is 6.27. The summed E-state index contributed by atoms with van der Waals surface area (Å²) in [6.45, 7) is 2.66. The Morgan fingerprint density at radius 2 is 1.96 bits per heavy atom. The van der Waals surface area contributed by atoms with E-state index in [4.69, 9.17) is 27.9 Å². The first kappa shape index (κ1) is 15.9. The molecule has 0 aromatic heterocycles. The van der Waals surface area contributed by atoms with E-state index < -0.39 is 0 Å². The molecule has 1 aliphatic carbocycles. The van der Waals surface area contributed by atoms with Gasteiger partial charge in [-0.1, -0.05) is 59.6 Å². The van der Waals surface area contributed by atoms with Gasteiger partial charge in [0.2, 0.25) is 0 Å². The fourth-order valence-corrected chi connectivity index (χ4v) is 4.32. The van der Waals surface area contributed by atoms with Crippen molar-refractivity contribution in [3.8, 4) is 5.75 Å². The van der Waals surface area contributed by atoms with E-state index in [0.717, 1.165) is 17.9 Å². The van der Waals surface area contributed by atoms with Gasteiger partial charge in [-0.2, -0.15) is 0 Å². The molecule has 0 radical (unpaired) electrons. The van der Waals surface area contributed by atoms with E-state index in [2.05, 4.69) is 35.7 Å². The lowest BCUT2D eigenvalue weighted by Crippen LogP contribution is -2.29. The van der Waals surface area contributed by atoms with E-state index >= 15 is 0 Å². The van der Waals surface area contributed by atoms with Crippen molar-refractivity contribution in [2.24, 2.45) is 5.92 Å². The third kappa shape index (κ3) is 2.49. The zero-order valence-corrected chi connectivity index (χ0v) is 14.9. The van der Waals surface area contributed by atoms with Crippen molar-refractivity contribution in [1.29, 1.82) is 0 Å². The predicted molar refractivity (Wildman–Crippen MR) is 100 cm³/mol. The quantitative estimate of drug-likeness (QED) is 0.656. The van der Waals surface area contributed by atoms with Crippen molar-refractivity contribution in [2.75, 3.05) is 11.9 Å². The highest BCUT2D eigenvalue weighted by atomic mass is 35.5. The Hall–Kier alpha value is -1.64. The number of allylic oxidation sites excluding steroid dienone is 2. The fourth-order valence-electron chi connectivity index (χ4n) is 3.93. The zero-order valence-electron chi connectivity index (χ0n) is 13.4. The first-order valence-corrected chi connectivity index (χ1v) is 9.09. The van der Waals surface area contributed by atoms with Crippen LogP contribution in [0.4, 0.5) is 5.69 Å². The third-order valence-corrected chi connectivity index (χ3v) is 5.79. The Balaban J connectivity index is 1.82. The molecule has 0 spiro atoms. The van der Waals surface area contributed by atoms with Crippen molar-refractivity contribution in [1.82, 2.24) is 0 Å². The summed E-state index contributed by atoms with van der Waals surface area (Å²) in [7, 11) is 0. The summed E-state index contributed by atoms with van der Waals surface area (Å²) >= 11 is 12.8. The monoisotopic (exact) mass is 359 g/mol. The molecular weight excluding hydrogens is 341 g/mol. The molecular formula is C20H19Cl2NO. The van der Waals surface area contributed by atoms with Gasteiger partial charge in [-0.05, 0) is 37.0 Å². The summed E-state index contributed by atoms with van der Waals surface area (Å²) in [6.07, 6.45) is 5.61. The average Bonchev–Trinajstić information content (AvgIpc) is 3.08. The van der Waals surface area contributed by atoms with Crippen LogP contribution in [-0.2, 0) is 0 Å². The summed E-state index contributed by atoms with van der Waals surface area (Å²) in [4.78, 5) is 0. The number of benzene rings is 2. The lowest BCUT2D eigenvalue weighted by molar-refractivity contribution is 0.326. The van der Waals surface area contributed by atoms with Crippen LogP contribution in [0, 0.1) is 5.92 Å². The van der Waals surface area contributed by atoms with Crippen LogP contribution in [0.2, 0.25) is 10.0 Å². The van der Waals surface area contributed by atoms with E-state index in [9.17, 15) is 0 Å². The van der Waals surface area contributed by atoms with Crippen LogP contribution in [0.1, 0.15) is 36.4 Å². The molecule has 2 nitrogen and oxygen atoms in total.